The third kappa shape index (κ3) is 3.58. The van der Waals surface area contributed by atoms with Gasteiger partial charge in [0.25, 0.3) is 5.91 Å². The van der Waals surface area contributed by atoms with Gasteiger partial charge in [-0.1, -0.05) is 35.9 Å². The quantitative estimate of drug-likeness (QED) is 0.596. The number of rotatable bonds is 4. The third-order valence-electron chi connectivity index (χ3n) is 4.54. The summed E-state index contributed by atoms with van der Waals surface area (Å²) in [7, 11) is 0. The van der Waals surface area contributed by atoms with Gasteiger partial charge in [-0.25, -0.2) is 4.98 Å². The Morgan fingerprint density at radius 3 is 2.59 bits per heavy atom. The number of fused-ring (bicyclic) bond motifs is 1. The third-order valence-corrected chi connectivity index (χ3v) is 4.54. The van der Waals surface area contributed by atoms with Crippen LogP contribution in [-0.2, 0) is 0 Å². The first-order chi connectivity index (χ1) is 13.1. The maximum Gasteiger partial charge on any atom is 0.253 e. The van der Waals surface area contributed by atoms with E-state index in [0.717, 1.165) is 22.6 Å². The molecule has 1 atom stereocenters. The Kier molecular flexibility index (Phi) is 4.42. The largest absolute Gasteiger partial charge is 0.344 e. The molecule has 0 saturated heterocycles. The van der Waals surface area contributed by atoms with E-state index in [4.69, 9.17) is 0 Å². The minimum Gasteiger partial charge on any atom is -0.344 e. The van der Waals surface area contributed by atoms with Crippen molar-refractivity contribution in [2.24, 2.45) is 0 Å². The number of pyridine rings is 2. The Hall–Kier alpha value is -3.47. The molecule has 5 heteroatoms. The van der Waals surface area contributed by atoms with Crippen molar-refractivity contribution in [2.45, 2.75) is 19.9 Å². The highest BCUT2D eigenvalue weighted by Crippen LogP contribution is 2.20. The van der Waals surface area contributed by atoms with Gasteiger partial charge in [0, 0.05) is 24.2 Å². The number of imidazole rings is 1. The summed E-state index contributed by atoms with van der Waals surface area (Å²) in [5.74, 6) is -0.138. The molecular formula is C22H20N4O. The van der Waals surface area contributed by atoms with Crippen molar-refractivity contribution in [1.82, 2.24) is 19.7 Å². The van der Waals surface area contributed by atoms with Crippen LogP contribution < -0.4 is 5.32 Å². The first kappa shape index (κ1) is 17.0. The topological polar surface area (TPSA) is 59.3 Å². The first-order valence-corrected chi connectivity index (χ1v) is 8.88. The van der Waals surface area contributed by atoms with Gasteiger partial charge in [-0.15, -0.1) is 0 Å². The zero-order chi connectivity index (χ0) is 18.8. The Morgan fingerprint density at radius 1 is 1.04 bits per heavy atom. The molecule has 1 N–H and O–H groups in total. The van der Waals surface area contributed by atoms with Crippen molar-refractivity contribution in [3.05, 3.63) is 90.0 Å². The molecule has 27 heavy (non-hydrogen) atoms. The molecule has 0 bridgehead atoms. The number of amides is 1. The van der Waals surface area contributed by atoms with Gasteiger partial charge in [-0.05, 0) is 38.1 Å². The van der Waals surface area contributed by atoms with Crippen molar-refractivity contribution in [3.63, 3.8) is 0 Å². The van der Waals surface area contributed by atoms with E-state index in [-0.39, 0.29) is 11.9 Å². The second kappa shape index (κ2) is 7.03. The Morgan fingerprint density at radius 2 is 1.85 bits per heavy atom. The first-order valence-electron chi connectivity index (χ1n) is 8.88. The molecule has 1 amide bonds. The van der Waals surface area contributed by atoms with Crippen LogP contribution in [0.5, 0.6) is 0 Å². The normalized spacial score (nSPS) is 12.1. The van der Waals surface area contributed by atoms with E-state index in [1.54, 1.807) is 18.5 Å². The summed E-state index contributed by atoms with van der Waals surface area (Å²) in [6.45, 7) is 3.98. The molecule has 0 aliphatic carbocycles. The number of nitrogens with one attached hydrogen (secondary N) is 1. The van der Waals surface area contributed by atoms with Crippen molar-refractivity contribution < 1.29 is 4.79 Å². The number of carbonyl (C=O) groups excluding carboxylic acids is 1. The molecule has 0 spiro atoms. The Balaban J connectivity index is 1.57. The molecule has 0 saturated carbocycles. The van der Waals surface area contributed by atoms with Crippen molar-refractivity contribution in [1.29, 1.82) is 0 Å². The number of hydrogen-bond donors (Lipinski definition) is 1. The lowest BCUT2D eigenvalue weighted by molar-refractivity contribution is 0.0938. The van der Waals surface area contributed by atoms with Gasteiger partial charge < -0.3 is 9.72 Å². The lowest BCUT2D eigenvalue weighted by atomic mass is 10.1. The average Bonchev–Trinajstić information content (AvgIpc) is 3.12. The fourth-order valence-electron chi connectivity index (χ4n) is 2.98. The minimum absolute atomic E-state index is 0.138. The van der Waals surface area contributed by atoms with Crippen LogP contribution >= 0.6 is 0 Å². The van der Waals surface area contributed by atoms with Crippen LogP contribution in [0.1, 0.15) is 34.6 Å². The lowest BCUT2D eigenvalue weighted by Gasteiger charge is -2.13. The van der Waals surface area contributed by atoms with Crippen LogP contribution in [0.2, 0.25) is 0 Å². The van der Waals surface area contributed by atoms with E-state index >= 15 is 0 Å². The van der Waals surface area contributed by atoms with Gasteiger partial charge >= 0.3 is 0 Å². The molecule has 3 heterocycles. The van der Waals surface area contributed by atoms with E-state index in [0.29, 0.717) is 5.56 Å². The molecule has 0 aliphatic rings. The number of aromatic nitrogens is 3. The van der Waals surface area contributed by atoms with Crippen LogP contribution in [0.25, 0.3) is 16.9 Å². The number of nitrogens with zero attached hydrogens (tertiary/aromatic N) is 3. The van der Waals surface area contributed by atoms with Gasteiger partial charge in [0.05, 0.1) is 23.0 Å². The second-order valence-electron chi connectivity index (χ2n) is 6.63. The molecule has 3 aromatic heterocycles. The molecular weight excluding hydrogens is 336 g/mol. The van der Waals surface area contributed by atoms with E-state index in [1.807, 2.05) is 41.8 Å². The molecule has 4 aromatic rings. The van der Waals surface area contributed by atoms with Crippen molar-refractivity contribution >= 4 is 11.6 Å². The molecule has 0 radical (unpaired) electrons. The average molecular weight is 356 g/mol. The summed E-state index contributed by atoms with van der Waals surface area (Å²) >= 11 is 0. The van der Waals surface area contributed by atoms with Crippen LogP contribution in [0.15, 0.2) is 73.2 Å². The maximum atomic E-state index is 12.6. The number of aryl methyl sites for hydroxylation is 1. The summed E-state index contributed by atoms with van der Waals surface area (Å²) in [4.78, 5) is 21.5. The van der Waals surface area contributed by atoms with E-state index in [9.17, 15) is 4.79 Å². The predicted octanol–water partition coefficient (Wildman–Crippen LogP) is 4.20. The highest BCUT2D eigenvalue weighted by atomic mass is 16.1. The van der Waals surface area contributed by atoms with Gasteiger partial charge in [0.2, 0.25) is 0 Å². The summed E-state index contributed by atoms with van der Waals surface area (Å²) < 4.78 is 1.88. The molecule has 0 aliphatic heterocycles. The van der Waals surface area contributed by atoms with E-state index in [1.165, 1.54) is 5.56 Å². The highest BCUT2D eigenvalue weighted by Gasteiger charge is 2.13. The number of carbonyl (C=O) groups is 1. The van der Waals surface area contributed by atoms with Crippen LogP contribution in [0.3, 0.4) is 0 Å². The van der Waals surface area contributed by atoms with Crippen molar-refractivity contribution in [3.8, 4) is 11.3 Å². The van der Waals surface area contributed by atoms with Gasteiger partial charge in [0.15, 0.2) is 0 Å². The lowest BCUT2D eigenvalue weighted by Crippen LogP contribution is -2.27. The number of benzene rings is 1. The Bertz CT molecular complexity index is 1080. The van der Waals surface area contributed by atoms with Crippen molar-refractivity contribution in [2.75, 3.05) is 0 Å². The summed E-state index contributed by atoms with van der Waals surface area (Å²) in [6.07, 6.45) is 5.47. The summed E-state index contributed by atoms with van der Waals surface area (Å²) in [6, 6.07) is 17.4. The van der Waals surface area contributed by atoms with Crippen LogP contribution in [0, 0.1) is 6.92 Å². The van der Waals surface area contributed by atoms with Gasteiger partial charge in [-0.2, -0.15) is 0 Å². The smallest absolute Gasteiger partial charge is 0.253 e. The molecule has 0 fully saturated rings. The summed E-state index contributed by atoms with van der Waals surface area (Å²) in [5.41, 5.74) is 5.37. The minimum atomic E-state index is -0.166. The van der Waals surface area contributed by atoms with Gasteiger partial charge in [-0.3, -0.25) is 9.78 Å². The SMILES string of the molecule is Cc1ccc(-c2cn3cc(C(=O)NC(C)c4ccccn4)ccc3n2)cc1. The summed E-state index contributed by atoms with van der Waals surface area (Å²) in [5, 5.41) is 2.99. The monoisotopic (exact) mass is 356 g/mol. The molecule has 4 rings (SSSR count). The molecule has 1 aromatic carbocycles. The zero-order valence-electron chi connectivity index (χ0n) is 15.3. The van der Waals surface area contributed by atoms with Crippen LogP contribution in [-0.4, -0.2) is 20.3 Å². The Labute approximate surface area is 157 Å². The fraction of sp³-hybridized carbons (Fsp3) is 0.136. The van der Waals surface area contributed by atoms with E-state index < -0.39 is 0 Å². The van der Waals surface area contributed by atoms with Crippen LogP contribution in [0.4, 0.5) is 0 Å². The zero-order valence-corrected chi connectivity index (χ0v) is 15.3. The van der Waals surface area contributed by atoms with Gasteiger partial charge in [0.1, 0.15) is 5.65 Å². The van der Waals surface area contributed by atoms with E-state index in [2.05, 4.69) is 46.5 Å². The maximum absolute atomic E-state index is 12.6. The second-order valence-corrected chi connectivity index (χ2v) is 6.63. The molecule has 134 valence electrons. The molecule has 5 nitrogen and oxygen atoms in total. The molecule has 1 unspecified atom stereocenters. The standard InChI is InChI=1S/C22H20N4O/c1-15-6-8-17(9-7-15)20-14-26-13-18(10-11-21(26)25-20)22(27)24-16(2)19-5-3-4-12-23-19/h3-14,16H,1-2H3,(H,24,27). The predicted molar refractivity (Wildman–Crippen MR) is 105 cm³/mol. The fourth-order valence-corrected chi connectivity index (χ4v) is 2.98. The highest BCUT2D eigenvalue weighted by molar-refractivity contribution is 5.94. The number of hydrogen-bond acceptors (Lipinski definition) is 3.